The SMILES string of the molecule is COCc1c(Br)cccc1NCC(=O)NCC(C)C. The van der Waals surface area contributed by atoms with Gasteiger partial charge in [0.2, 0.25) is 5.91 Å². The summed E-state index contributed by atoms with van der Waals surface area (Å²) in [6.07, 6.45) is 0. The van der Waals surface area contributed by atoms with Gasteiger partial charge in [-0.05, 0) is 18.1 Å². The monoisotopic (exact) mass is 328 g/mol. The maximum atomic E-state index is 11.7. The van der Waals surface area contributed by atoms with Crippen LogP contribution in [0.25, 0.3) is 0 Å². The van der Waals surface area contributed by atoms with E-state index in [0.717, 1.165) is 15.7 Å². The molecule has 0 saturated heterocycles. The highest BCUT2D eigenvalue weighted by atomic mass is 79.9. The number of benzene rings is 1. The van der Waals surface area contributed by atoms with Gasteiger partial charge < -0.3 is 15.4 Å². The molecule has 4 nitrogen and oxygen atoms in total. The van der Waals surface area contributed by atoms with Crippen molar-refractivity contribution in [1.29, 1.82) is 0 Å². The Bertz CT molecular complexity index is 422. The predicted molar refractivity (Wildman–Crippen MR) is 81.2 cm³/mol. The molecule has 0 heterocycles. The van der Waals surface area contributed by atoms with E-state index in [4.69, 9.17) is 4.74 Å². The van der Waals surface area contributed by atoms with Crippen molar-refractivity contribution in [3.8, 4) is 0 Å². The topological polar surface area (TPSA) is 50.4 Å². The summed E-state index contributed by atoms with van der Waals surface area (Å²) in [5.74, 6) is 0.455. The summed E-state index contributed by atoms with van der Waals surface area (Å²) in [4.78, 5) is 11.7. The average molecular weight is 329 g/mol. The fraction of sp³-hybridized carbons (Fsp3) is 0.500. The summed E-state index contributed by atoms with van der Waals surface area (Å²) < 4.78 is 6.14. The normalized spacial score (nSPS) is 10.6. The largest absolute Gasteiger partial charge is 0.380 e. The number of hydrogen-bond acceptors (Lipinski definition) is 3. The smallest absolute Gasteiger partial charge is 0.239 e. The molecule has 1 aromatic rings. The van der Waals surface area contributed by atoms with Gasteiger partial charge >= 0.3 is 0 Å². The number of halogens is 1. The Hall–Kier alpha value is -1.07. The lowest BCUT2D eigenvalue weighted by Gasteiger charge is -2.13. The first-order chi connectivity index (χ1) is 9.04. The van der Waals surface area contributed by atoms with E-state index in [1.807, 2.05) is 18.2 Å². The third kappa shape index (κ3) is 5.61. The maximum absolute atomic E-state index is 11.7. The Morgan fingerprint density at radius 2 is 2.16 bits per heavy atom. The molecule has 0 unspecified atom stereocenters. The Morgan fingerprint density at radius 1 is 1.42 bits per heavy atom. The van der Waals surface area contributed by atoms with Crippen LogP contribution in [0, 0.1) is 5.92 Å². The van der Waals surface area contributed by atoms with Gasteiger partial charge in [0.15, 0.2) is 0 Å². The van der Waals surface area contributed by atoms with Crippen LogP contribution in [-0.4, -0.2) is 26.1 Å². The first-order valence-electron chi connectivity index (χ1n) is 6.31. The zero-order valence-electron chi connectivity index (χ0n) is 11.6. The van der Waals surface area contributed by atoms with E-state index < -0.39 is 0 Å². The van der Waals surface area contributed by atoms with Crippen molar-refractivity contribution in [1.82, 2.24) is 5.32 Å². The van der Waals surface area contributed by atoms with E-state index in [1.54, 1.807) is 7.11 Å². The first-order valence-corrected chi connectivity index (χ1v) is 7.10. The first kappa shape index (κ1) is 16.0. The zero-order valence-corrected chi connectivity index (χ0v) is 13.2. The third-order valence-corrected chi connectivity index (χ3v) is 3.30. The molecule has 5 heteroatoms. The molecule has 0 fully saturated rings. The molecule has 0 atom stereocenters. The summed E-state index contributed by atoms with van der Waals surface area (Å²) >= 11 is 3.48. The molecule has 0 saturated carbocycles. The second-order valence-electron chi connectivity index (χ2n) is 4.75. The quantitative estimate of drug-likeness (QED) is 0.809. The number of carbonyl (C=O) groups excluding carboxylic acids is 1. The van der Waals surface area contributed by atoms with Crippen LogP contribution >= 0.6 is 15.9 Å². The van der Waals surface area contributed by atoms with Crippen LogP contribution in [-0.2, 0) is 16.1 Å². The molecule has 0 bridgehead atoms. The summed E-state index contributed by atoms with van der Waals surface area (Å²) in [5.41, 5.74) is 1.93. The number of anilines is 1. The number of carbonyl (C=O) groups is 1. The predicted octanol–water partition coefficient (Wildman–Crippen LogP) is 2.78. The molecular formula is C14H21BrN2O2. The molecule has 0 aliphatic heterocycles. The molecule has 2 N–H and O–H groups in total. The van der Waals surface area contributed by atoms with Gasteiger partial charge in [0.1, 0.15) is 0 Å². The fourth-order valence-corrected chi connectivity index (χ4v) is 2.05. The molecule has 1 aromatic carbocycles. The van der Waals surface area contributed by atoms with Crippen molar-refractivity contribution in [2.75, 3.05) is 25.5 Å². The van der Waals surface area contributed by atoms with E-state index in [1.165, 1.54) is 0 Å². The minimum atomic E-state index is -0.00274. The standard InChI is InChI=1S/C14H21BrN2O2/c1-10(2)7-17-14(18)8-16-13-6-4-5-12(15)11(13)9-19-3/h4-6,10,16H,7-9H2,1-3H3,(H,17,18). The van der Waals surface area contributed by atoms with E-state index >= 15 is 0 Å². The summed E-state index contributed by atoms with van der Waals surface area (Å²) in [6, 6.07) is 5.82. The van der Waals surface area contributed by atoms with Gasteiger partial charge in [-0.15, -0.1) is 0 Å². The second kappa shape index (κ2) is 8.17. The van der Waals surface area contributed by atoms with Crippen molar-refractivity contribution < 1.29 is 9.53 Å². The third-order valence-electron chi connectivity index (χ3n) is 2.55. The van der Waals surface area contributed by atoms with Gasteiger partial charge in [-0.25, -0.2) is 0 Å². The highest BCUT2D eigenvalue weighted by Crippen LogP contribution is 2.25. The van der Waals surface area contributed by atoms with Crippen LogP contribution in [0.4, 0.5) is 5.69 Å². The Labute approximate surface area is 123 Å². The van der Waals surface area contributed by atoms with E-state index in [-0.39, 0.29) is 12.5 Å². The lowest BCUT2D eigenvalue weighted by molar-refractivity contribution is -0.119. The van der Waals surface area contributed by atoms with Gasteiger partial charge in [-0.3, -0.25) is 4.79 Å². The van der Waals surface area contributed by atoms with Crippen LogP contribution in [0.5, 0.6) is 0 Å². The van der Waals surface area contributed by atoms with Crippen molar-refractivity contribution in [3.63, 3.8) is 0 Å². The van der Waals surface area contributed by atoms with E-state index in [2.05, 4.69) is 40.4 Å². The number of ether oxygens (including phenoxy) is 1. The summed E-state index contributed by atoms with van der Waals surface area (Å²) in [7, 11) is 1.65. The molecule has 0 aromatic heterocycles. The zero-order chi connectivity index (χ0) is 14.3. The van der Waals surface area contributed by atoms with Gasteiger partial charge in [0, 0.05) is 29.4 Å². The van der Waals surface area contributed by atoms with Gasteiger partial charge in [-0.1, -0.05) is 35.8 Å². The molecule has 1 rings (SSSR count). The van der Waals surface area contributed by atoms with Crippen molar-refractivity contribution in [3.05, 3.63) is 28.2 Å². The van der Waals surface area contributed by atoms with E-state index in [0.29, 0.717) is 19.1 Å². The van der Waals surface area contributed by atoms with Crippen LogP contribution in [0.3, 0.4) is 0 Å². The van der Waals surface area contributed by atoms with Crippen molar-refractivity contribution in [2.24, 2.45) is 5.92 Å². The Balaban J connectivity index is 2.57. The highest BCUT2D eigenvalue weighted by Gasteiger charge is 2.08. The van der Waals surface area contributed by atoms with Crippen molar-refractivity contribution in [2.45, 2.75) is 20.5 Å². The highest BCUT2D eigenvalue weighted by molar-refractivity contribution is 9.10. The molecule has 106 valence electrons. The molecule has 0 aliphatic carbocycles. The number of rotatable bonds is 7. The Kier molecular flexibility index (Phi) is 6.87. The number of amides is 1. The van der Waals surface area contributed by atoms with Crippen LogP contribution in [0.2, 0.25) is 0 Å². The maximum Gasteiger partial charge on any atom is 0.239 e. The second-order valence-corrected chi connectivity index (χ2v) is 5.60. The molecular weight excluding hydrogens is 308 g/mol. The van der Waals surface area contributed by atoms with Crippen LogP contribution in [0.1, 0.15) is 19.4 Å². The van der Waals surface area contributed by atoms with Gasteiger partial charge in [-0.2, -0.15) is 0 Å². The molecule has 19 heavy (non-hydrogen) atoms. The lowest BCUT2D eigenvalue weighted by Crippen LogP contribution is -2.32. The minimum Gasteiger partial charge on any atom is -0.380 e. The number of nitrogens with one attached hydrogen (secondary N) is 2. The van der Waals surface area contributed by atoms with Crippen molar-refractivity contribution >= 4 is 27.5 Å². The molecule has 0 aliphatic rings. The summed E-state index contributed by atoms with van der Waals surface area (Å²) in [6.45, 7) is 5.60. The van der Waals surface area contributed by atoms with E-state index in [9.17, 15) is 4.79 Å². The molecule has 0 radical (unpaired) electrons. The van der Waals surface area contributed by atoms with Crippen LogP contribution in [0.15, 0.2) is 22.7 Å². The minimum absolute atomic E-state index is 0.00274. The number of methoxy groups -OCH3 is 1. The Morgan fingerprint density at radius 3 is 2.79 bits per heavy atom. The van der Waals surface area contributed by atoms with Gasteiger partial charge in [0.05, 0.1) is 13.2 Å². The number of hydrogen-bond donors (Lipinski definition) is 2. The van der Waals surface area contributed by atoms with Crippen LogP contribution < -0.4 is 10.6 Å². The average Bonchev–Trinajstić information content (AvgIpc) is 2.37. The molecule has 1 amide bonds. The van der Waals surface area contributed by atoms with Gasteiger partial charge in [0.25, 0.3) is 0 Å². The molecule has 0 spiro atoms. The fourth-order valence-electron chi connectivity index (χ4n) is 1.57. The summed E-state index contributed by atoms with van der Waals surface area (Å²) in [5, 5.41) is 6.01. The lowest BCUT2D eigenvalue weighted by atomic mass is 10.2.